The monoisotopic (exact) mass is 283 g/mol. The minimum atomic E-state index is 0.388. The maximum atomic E-state index is 5.73. The lowest BCUT2D eigenvalue weighted by molar-refractivity contribution is 0.184. The lowest BCUT2D eigenvalue weighted by Crippen LogP contribution is -1.99. The van der Waals surface area contributed by atoms with Gasteiger partial charge >= 0.3 is 0 Å². The van der Waals surface area contributed by atoms with Crippen molar-refractivity contribution in [1.29, 1.82) is 0 Å². The number of fused-ring (bicyclic) bond motifs is 1. The van der Waals surface area contributed by atoms with Gasteiger partial charge in [0.1, 0.15) is 11.3 Å². The molecule has 0 atom stereocenters. The van der Waals surface area contributed by atoms with Crippen LogP contribution in [-0.2, 0) is 17.9 Å². The fraction of sp³-hybridized carbons (Fsp3) is 0.333. The first-order chi connectivity index (χ1) is 7.67. The van der Waals surface area contributed by atoms with Crippen molar-refractivity contribution in [3.05, 3.63) is 33.5 Å². The molecule has 1 aromatic heterocycles. The zero-order valence-electron chi connectivity index (χ0n) is 9.34. The van der Waals surface area contributed by atoms with Gasteiger partial charge in [-0.2, -0.15) is 0 Å². The van der Waals surface area contributed by atoms with Crippen LogP contribution >= 0.6 is 15.9 Å². The minimum absolute atomic E-state index is 0.388. The first kappa shape index (κ1) is 11.6. The maximum absolute atomic E-state index is 5.73. The summed E-state index contributed by atoms with van der Waals surface area (Å²) in [7, 11) is 1.67. The average Bonchev–Trinajstić information content (AvgIpc) is 2.58. The quantitative estimate of drug-likeness (QED) is 0.942. The summed E-state index contributed by atoms with van der Waals surface area (Å²) in [5.74, 6) is 0.795. The highest BCUT2D eigenvalue weighted by atomic mass is 79.9. The summed E-state index contributed by atoms with van der Waals surface area (Å²) in [6, 6.07) is 4.12. The number of benzene rings is 1. The van der Waals surface area contributed by atoms with Crippen LogP contribution in [0.1, 0.15) is 16.9 Å². The van der Waals surface area contributed by atoms with E-state index in [-0.39, 0.29) is 0 Å². The van der Waals surface area contributed by atoms with Gasteiger partial charge in [-0.25, -0.2) is 0 Å². The summed E-state index contributed by atoms with van der Waals surface area (Å²) < 4.78 is 11.9. The Morgan fingerprint density at radius 1 is 1.44 bits per heavy atom. The molecule has 0 radical (unpaired) electrons. The Bertz CT molecular complexity index is 519. The van der Waals surface area contributed by atoms with Crippen molar-refractivity contribution in [2.24, 2.45) is 5.73 Å². The van der Waals surface area contributed by atoms with Crippen molar-refractivity contribution < 1.29 is 9.15 Å². The molecule has 16 heavy (non-hydrogen) atoms. The third-order valence-electron chi connectivity index (χ3n) is 2.55. The van der Waals surface area contributed by atoms with Crippen LogP contribution in [0.15, 0.2) is 21.0 Å². The molecule has 0 amide bonds. The van der Waals surface area contributed by atoms with E-state index in [0.717, 1.165) is 26.8 Å². The predicted octanol–water partition coefficient (Wildman–Crippen LogP) is 3.11. The fourth-order valence-electron chi connectivity index (χ4n) is 1.86. The minimum Gasteiger partial charge on any atom is -0.458 e. The topological polar surface area (TPSA) is 48.4 Å². The van der Waals surface area contributed by atoms with Crippen molar-refractivity contribution in [3.63, 3.8) is 0 Å². The molecule has 1 aromatic carbocycles. The van der Waals surface area contributed by atoms with E-state index in [1.807, 2.05) is 6.07 Å². The molecule has 2 aromatic rings. The molecule has 0 saturated heterocycles. The van der Waals surface area contributed by atoms with Crippen LogP contribution in [0.2, 0.25) is 0 Å². The Hall–Kier alpha value is -0.840. The number of hydrogen-bond donors (Lipinski definition) is 1. The largest absolute Gasteiger partial charge is 0.458 e. The highest BCUT2D eigenvalue weighted by Gasteiger charge is 2.15. The van der Waals surface area contributed by atoms with E-state index in [1.54, 1.807) is 7.11 Å². The van der Waals surface area contributed by atoms with Crippen LogP contribution in [0.5, 0.6) is 0 Å². The predicted molar refractivity (Wildman–Crippen MR) is 67.3 cm³/mol. The number of rotatable bonds is 3. The third-order valence-corrected chi connectivity index (χ3v) is 3.14. The van der Waals surface area contributed by atoms with Crippen LogP contribution < -0.4 is 5.73 Å². The van der Waals surface area contributed by atoms with Crippen molar-refractivity contribution in [2.45, 2.75) is 20.1 Å². The van der Waals surface area contributed by atoms with Crippen molar-refractivity contribution >= 4 is 26.9 Å². The van der Waals surface area contributed by atoms with E-state index in [2.05, 4.69) is 28.9 Å². The molecular formula is C12H14BrNO2. The molecule has 0 saturated carbocycles. The van der Waals surface area contributed by atoms with Crippen LogP contribution in [0.4, 0.5) is 0 Å². The van der Waals surface area contributed by atoms with E-state index in [0.29, 0.717) is 13.2 Å². The summed E-state index contributed by atoms with van der Waals surface area (Å²) in [6.07, 6.45) is 0. The second-order valence-electron chi connectivity index (χ2n) is 3.76. The van der Waals surface area contributed by atoms with Gasteiger partial charge in [-0.15, -0.1) is 0 Å². The Morgan fingerprint density at radius 3 is 2.81 bits per heavy atom. The van der Waals surface area contributed by atoms with Crippen LogP contribution in [0.25, 0.3) is 11.0 Å². The molecule has 4 heteroatoms. The molecule has 0 aliphatic carbocycles. The molecule has 0 aliphatic rings. The third kappa shape index (κ3) is 1.88. The van der Waals surface area contributed by atoms with Gasteiger partial charge in [0, 0.05) is 18.1 Å². The van der Waals surface area contributed by atoms with Crippen LogP contribution in [0.3, 0.4) is 0 Å². The molecule has 2 N–H and O–H groups in total. The molecule has 2 rings (SSSR count). The first-order valence-corrected chi connectivity index (χ1v) is 5.86. The van der Waals surface area contributed by atoms with E-state index in [9.17, 15) is 0 Å². The number of aryl methyl sites for hydroxylation is 1. The number of halogens is 1. The number of nitrogens with two attached hydrogens (primary N) is 1. The summed E-state index contributed by atoms with van der Waals surface area (Å²) in [5, 5.41) is 1.08. The Balaban J connectivity index is 2.73. The van der Waals surface area contributed by atoms with Gasteiger partial charge in [0.2, 0.25) is 0 Å². The summed E-state index contributed by atoms with van der Waals surface area (Å²) in [5.41, 5.74) is 8.74. The van der Waals surface area contributed by atoms with Crippen LogP contribution in [-0.4, -0.2) is 7.11 Å². The van der Waals surface area contributed by atoms with E-state index in [4.69, 9.17) is 14.9 Å². The lowest BCUT2D eigenvalue weighted by Gasteiger charge is -2.00. The molecule has 0 spiro atoms. The number of ether oxygens (including phenoxy) is 1. The van der Waals surface area contributed by atoms with Crippen LogP contribution in [0, 0.1) is 6.92 Å². The highest BCUT2D eigenvalue weighted by molar-refractivity contribution is 9.10. The van der Waals surface area contributed by atoms with Gasteiger partial charge in [-0.05, 0) is 40.5 Å². The summed E-state index contributed by atoms with van der Waals surface area (Å²) in [4.78, 5) is 0. The maximum Gasteiger partial charge on any atom is 0.148 e. The first-order valence-electron chi connectivity index (χ1n) is 5.06. The van der Waals surface area contributed by atoms with E-state index >= 15 is 0 Å². The SMILES string of the molecule is COCc1c(CN)oc2c(Br)cc(C)cc12. The molecule has 0 unspecified atom stereocenters. The molecule has 0 aliphatic heterocycles. The zero-order chi connectivity index (χ0) is 11.7. The zero-order valence-corrected chi connectivity index (χ0v) is 10.9. The van der Waals surface area contributed by atoms with Gasteiger partial charge in [0.25, 0.3) is 0 Å². The van der Waals surface area contributed by atoms with Gasteiger partial charge in [0.05, 0.1) is 17.6 Å². The Kier molecular flexibility index (Phi) is 3.33. The Morgan fingerprint density at radius 2 is 2.19 bits per heavy atom. The van der Waals surface area contributed by atoms with Gasteiger partial charge in [-0.1, -0.05) is 0 Å². The average molecular weight is 284 g/mol. The molecule has 0 bridgehead atoms. The highest BCUT2D eigenvalue weighted by Crippen LogP contribution is 2.33. The van der Waals surface area contributed by atoms with Crippen molar-refractivity contribution in [3.8, 4) is 0 Å². The standard InChI is InChI=1S/C12H14BrNO2/c1-7-3-8-9(6-15-2)11(5-14)16-12(8)10(13)4-7/h3-4H,5-6,14H2,1-2H3. The van der Waals surface area contributed by atoms with Gasteiger partial charge < -0.3 is 14.9 Å². The lowest BCUT2D eigenvalue weighted by atomic mass is 10.1. The second kappa shape index (κ2) is 4.57. The molecule has 1 heterocycles. The Labute approximate surface area is 103 Å². The molecule has 3 nitrogen and oxygen atoms in total. The van der Waals surface area contributed by atoms with Gasteiger partial charge in [-0.3, -0.25) is 0 Å². The fourth-order valence-corrected chi connectivity index (χ4v) is 2.51. The molecular weight excluding hydrogens is 270 g/mol. The smallest absolute Gasteiger partial charge is 0.148 e. The number of hydrogen-bond acceptors (Lipinski definition) is 3. The normalized spacial score (nSPS) is 11.2. The summed E-state index contributed by atoms with van der Waals surface area (Å²) >= 11 is 3.50. The van der Waals surface area contributed by atoms with E-state index < -0.39 is 0 Å². The second-order valence-corrected chi connectivity index (χ2v) is 4.62. The summed E-state index contributed by atoms with van der Waals surface area (Å²) in [6.45, 7) is 2.96. The van der Waals surface area contributed by atoms with E-state index in [1.165, 1.54) is 5.56 Å². The molecule has 0 fully saturated rings. The van der Waals surface area contributed by atoms with Gasteiger partial charge in [0.15, 0.2) is 0 Å². The number of furan rings is 1. The van der Waals surface area contributed by atoms with Crippen molar-refractivity contribution in [2.75, 3.05) is 7.11 Å². The van der Waals surface area contributed by atoms with Crippen molar-refractivity contribution in [1.82, 2.24) is 0 Å². The molecule has 86 valence electrons. The number of methoxy groups -OCH3 is 1.